The average molecular weight is 682 g/mol. The monoisotopic (exact) mass is 681 g/mol. The number of phenolic OH excluding ortho intramolecular Hbond substituents is 1. The zero-order valence-electron chi connectivity index (χ0n) is 24.2. The number of carbonyl (C=O) groups is 4. The highest BCUT2D eigenvalue weighted by Gasteiger charge is 2.58. The van der Waals surface area contributed by atoms with Crippen LogP contribution >= 0.6 is 11.6 Å². The Morgan fingerprint density at radius 3 is 2.38 bits per heavy atom. The number of hydrogen-bond donors (Lipinski definition) is 1. The van der Waals surface area contributed by atoms with Crippen molar-refractivity contribution in [2.75, 3.05) is 12.1 Å². The fraction of sp³-hybridized carbons (Fsp3) is 0.323. The Bertz CT molecular complexity index is 1870. The van der Waals surface area contributed by atoms with Gasteiger partial charge < -0.3 is 9.84 Å². The minimum Gasteiger partial charge on any atom is -0.508 e. The Morgan fingerprint density at radius 1 is 1.02 bits per heavy atom. The maximum absolute atomic E-state index is 14.1. The first-order valence-electron chi connectivity index (χ1n) is 14.0. The summed E-state index contributed by atoms with van der Waals surface area (Å²) >= 11 is 6.14. The number of amides is 2. The lowest BCUT2D eigenvalue weighted by Crippen LogP contribution is -2.46. The SMILES string of the molecule is CC1=CC(=O)C2=C(CC3C(=CCC4C(=O)N(N(C)c5nc(C(F)(F)F)ccc5Cl)C(=O)C43)C2c2cc(OC(F)(F)F)ccc2O)C1=O. The molecular formula is C31H22ClF6N3O6. The molecule has 1 aromatic carbocycles. The summed E-state index contributed by atoms with van der Waals surface area (Å²) in [6.07, 6.45) is -7.63. The van der Waals surface area contributed by atoms with Crippen LogP contribution in [0.5, 0.6) is 11.5 Å². The van der Waals surface area contributed by atoms with Gasteiger partial charge in [0.05, 0.1) is 16.9 Å². The van der Waals surface area contributed by atoms with Gasteiger partial charge in [-0.3, -0.25) is 24.2 Å². The number of ether oxygens (including phenoxy) is 1. The third-order valence-electron chi connectivity index (χ3n) is 8.81. The number of halogens is 7. The van der Waals surface area contributed by atoms with Crippen molar-refractivity contribution in [3.8, 4) is 11.5 Å². The largest absolute Gasteiger partial charge is 0.573 e. The Morgan fingerprint density at radius 2 is 1.72 bits per heavy atom. The van der Waals surface area contributed by atoms with Crippen LogP contribution in [0.1, 0.15) is 36.9 Å². The smallest absolute Gasteiger partial charge is 0.508 e. The van der Waals surface area contributed by atoms with Gasteiger partial charge in [-0.1, -0.05) is 23.3 Å². The van der Waals surface area contributed by atoms with Crippen molar-refractivity contribution in [1.29, 1.82) is 0 Å². The number of ketones is 2. The number of aromatic hydroxyl groups is 1. The van der Waals surface area contributed by atoms with Crippen LogP contribution in [0.4, 0.5) is 32.2 Å². The summed E-state index contributed by atoms with van der Waals surface area (Å²) < 4.78 is 83.7. The van der Waals surface area contributed by atoms with Crippen LogP contribution in [0.25, 0.3) is 0 Å². The van der Waals surface area contributed by atoms with Gasteiger partial charge in [-0.25, -0.2) is 4.98 Å². The van der Waals surface area contributed by atoms with E-state index in [9.17, 15) is 50.6 Å². The van der Waals surface area contributed by atoms with Gasteiger partial charge in [-0.15, -0.1) is 13.2 Å². The second-order valence-corrected chi connectivity index (χ2v) is 11.9. The molecule has 4 atom stereocenters. The summed E-state index contributed by atoms with van der Waals surface area (Å²) in [5.74, 6) is -9.08. The van der Waals surface area contributed by atoms with Crippen LogP contribution in [-0.2, 0) is 25.4 Å². The highest BCUT2D eigenvalue weighted by molar-refractivity contribution is 6.33. The molecule has 1 N–H and O–H groups in total. The molecule has 0 saturated carbocycles. The molecule has 0 radical (unpaired) electrons. The Hall–Kier alpha value is -4.66. The molecular weight excluding hydrogens is 660 g/mol. The number of aromatic nitrogens is 1. The lowest BCUT2D eigenvalue weighted by molar-refractivity contribution is -0.274. The topological polar surface area (TPSA) is 117 Å². The Balaban J connectivity index is 1.45. The maximum Gasteiger partial charge on any atom is 0.573 e. The number of benzene rings is 1. The number of pyridine rings is 1. The van der Waals surface area contributed by atoms with Crippen molar-refractivity contribution in [1.82, 2.24) is 9.99 Å². The van der Waals surface area contributed by atoms with Crippen molar-refractivity contribution in [2.24, 2.45) is 17.8 Å². The van der Waals surface area contributed by atoms with E-state index >= 15 is 0 Å². The molecule has 2 amide bonds. The molecule has 1 saturated heterocycles. The van der Waals surface area contributed by atoms with E-state index < -0.39 is 82.6 Å². The van der Waals surface area contributed by atoms with E-state index in [0.717, 1.165) is 42.4 Å². The highest BCUT2D eigenvalue weighted by atomic mass is 35.5. The molecule has 3 aliphatic carbocycles. The molecule has 47 heavy (non-hydrogen) atoms. The van der Waals surface area contributed by atoms with Crippen LogP contribution in [0.15, 0.2) is 64.8 Å². The van der Waals surface area contributed by atoms with E-state index in [0.29, 0.717) is 16.6 Å². The first-order valence-corrected chi connectivity index (χ1v) is 14.4. The van der Waals surface area contributed by atoms with Gasteiger partial charge in [0.1, 0.15) is 17.2 Å². The number of fused-ring (bicyclic) bond motifs is 3. The van der Waals surface area contributed by atoms with Crippen LogP contribution in [0.3, 0.4) is 0 Å². The van der Waals surface area contributed by atoms with E-state index in [4.69, 9.17) is 11.6 Å². The number of nitrogens with zero attached hydrogens (tertiary/aromatic N) is 3. The second-order valence-electron chi connectivity index (χ2n) is 11.5. The van der Waals surface area contributed by atoms with E-state index in [1.807, 2.05) is 0 Å². The summed E-state index contributed by atoms with van der Waals surface area (Å²) in [6, 6.07) is 4.25. The molecule has 2 aromatic rings. The summed E-state index contributed by atoms with van der Waals surface area (Å²) in [7, 11) is 1.14. The van der Waals surface area contributed by atoms with Crippen molar-refractivity contribution >= 4 is 40.8 Å². The van der Waals surface area contributed by atoms with E-state index in [1.54, 1.807) is 6.08 Å². The summed E-state index contributed by atoms with van der Waals surface area (Å²) in [4.78, 5) is 58.1. The van der Waals surface area contributed by atoms with Crippen molar-refractivity contribution in [3.05, 3.63) is 81.1 Å². The van der Waals surface area contributed by atoms with Crippen LogP contribution < -0.4 is 9.75 Å². The van der Waals surface area contributed by atoms with Crippen LogP contribution in [0.2, 0.25) is 5.02 Å². The first kappa shape index (κ1) is 32.3. The minimum atomic E-state index is -5.09. The number of hydrogen-bond acceptors (Lipinski definition) is 8. The molecule has 4 unspecified atom stereocenters. The molecule has 1 aromatic heterocycles. The van der Waals surface area contributed by atoms with E-state index in [-0.39, 0.29) is 40.1 Å². The lowest BCUT2D eigenvalue weighted by atomic mass is 9.59. The number of Topliss-reactive ketones (excluding diaryl/α,β-unsaturated/α-hetero) is 1. The summed E-state index contributed by atoms with van der Waals surface area (Å²) in [5, 5.41) is 12.0. The molecule has 1 fully saturated rings. The average Bonchev–Trinajstić information content (AvgIpc) is 3.24. The molecule has 1 aliphatic heterocycles. The third kappa shape index (κ3) is 5.35. The number of phenols is 1. The number of carbonyl (C=O) groups excluding carboxylic acids is 4. The van der Waals surface area contributed by atoms with Crippen molar-refractivity contribution in [3.63, 3.8) is 0 Å². The molecule has 16 heteroatoms. The van der Waals surface area contributed by atoms with Gasteiger partial charge in [0.25, 0.3) is 11.8 Å². The van der Waals surface area contributed by atoms with Crippen molar-refractivity contribution < 1.29 is 55.4 Å². The quantitative estimate of drug-likeness (QED) is 0.185. The third-order valence-corrected chi connectivity index (χ3v) is 9.10. The number of alkyl halides is 6. The lowest BCUT2D eigenvalue weighted by Gasteiger charge is -2.42. The fourth-order valence-corrected chi connectivity index (χ4v) is 7.12. The molecule has 0 bridgehead atoms. The molecule has 6 rings (SSSR count). The zero-order valence-corrected chi connectivity index (χ0v) is 25.0. The molecule has 9 nitrogen and oxygen atoms in total. The van der Waals surface area contributed by atoms with Gasteiger partial charge >= 0.3 is 12.5 Å². The number of hydrazine groups is 1. The number of imide groups is 1. The number of rotatable bonds is 4. The molecule has 0 spiro atoms. The first-order chi connectivity index (χ1) is 21.9. The normalized spacial score (nSPS) is 24.5. The standard InChI is InChI=1S/C31H22ClF6N3O6/c1-12-9-21(43)25-18(26(12)44)11-16-14(23(25)17-10-13(3-7-20(17)42)47-31(36,37)38)4-5-15-24(16)29(46)41(28(15)45)40(2)27-19(32)6-8-22(39-27)30(33,34)35/h3-4,6-10,15-16,23-24,42H,5,11H2,1-2H3. The predicted octanol–water partition coefficient (Wildman–Crippen LogP) is 5.84. The highest BCUT2D eigenvalue weighted by Crippen LogP contribution is 2.56. The Labute approximate surface area is 266 Å². The summed E-state index contributed by atoms with van der Waals surface area (Å²) in [6.45, 7) is 1.40. The number of anilines is 1. The summed E-state index contributed by atoms with van der Waals surface area (Å²) in [5.41, 5.74) is -1.26. The minimum absolute atomic E-state index is 0.0287. The molecule has 2 heterocycles. The zero-order chi connectivity index (χ0) is 34.3. The van der Waals surface area contributed by atoms with Crippen LogP contribution in [-0.4, -0.2) is 51.9 Å². The van der Waals surface area contributed by atoms with Gasteiger partial charge in [0.2, 0.25) is 0 Å². The second kappa shape index (κ2) is 11.0. The van der Waals surface area contributed by atoms with Crippen molar-refractivity contribution in [2.45, 2.75) is 38.2 Å². The molecule has 246 valence electrons. The van der Waals surface area contributed by atoms with Gasteiger partial charge in [0, 0.05) is 35.2 Å². The fourth-order valence-electron chi connectivity index (χ4n) is 6.89. The predicted molar refractivity (Wildman–Crippen MR) is 151 cm³/mol. The van der Waals surface area contributed by atoms with Gasteiger partial charge in [-0.2, -0.15) is 18.2 Å². The van der Waals surface area contributed by atoms with Crippen LogP contribution in [0, 0.1) is 17.8 Å². The van der Waals surface area contributed by atoms with Gasteiger partial charge in [-0.05, 0) is 62.1 Å². The maximum atomic E-state index is 14.1. The van der Waals surface area contributed by atoms with E-state index in [1.165, 1.54) is 6.92 Å². The number of allylic oxidation sites excluding steroid dienone is 6. The molecule has 4 aliphatic rings. The van der Waals surface area contributed by atoms with E-state index in [2.05, 4.69) is 9.72 Å². The Kier molecular flexibility index (Phi) is 7.53. The van der Waals surface area contributed by atoms with Gasteiger partial charge in [0.15, 0.2) is 17.4 Å².